The number of ether oxygens (including phenoxy) is 1. The van der Waals surface area contributed by atoms with E-state index in [4.69, 9.17) is 16.3 Å². The Bertz CT molecular complexity index is 1080. The summed E-state index contributed by atoms with van der Waals surface area (Å²) in [6.07, 6.45) is -4.65. The number of hydrogen-bond donors (Lipinski definition) is 1. The quantitative estimate of drug-likeness (QED) is 0.359. The summed E-state index contributed by atoms with van der Waals surface area (Å²) in [5, 5.41) is 2.06. The van der Waals surface area contributed by atoms with E-state index in [9.17, 15) is 18.0 Å². The van der Waals surface area contributed by atoms with E-state index in [-0.39, 0.29) is 10.9 Å². The highest BCUT2D eigenvalue weighted by Gasteiger charge is 2.34. The highest BCUT2D eigenvalue weighted by molar-refractivity contribution is 8.00. The van der Waals surface area contributed by atoms with Gasteiger partial charge in [-0.3, -0.25) is 4.79 Å². The first-order chi connectivity index (χ1) is 14.7. The van der Waals surface area contributed by atoms with Crippen molar-refractivity contribution in [3.8, 4) is 17.0 Å². The first-order valence-electron chi connectivity index (χ1n) is 9.00. The molecule has 0 bridgehead atoms. The summed E-state index contributed by atoms with van der Waals surface area (Å²) in [7, 11) is 1.47. The number of thioether (sulfide) groups is 1. The maximum atomic E-state index is 13.3. The van der Waals surface area contributed by atoms with Gasteiger partial charge < -0.3 is 10.1 Å². The largest absolute Gasteiger partial charge is 0.495 e. The van der Waals surface area contributed by atoms with Crippen molar-refractivity contribution in [2.75, 3.05) is 12.4 Å². The number of alkyl halides is 3. The van der Waals surface area contributed by atoms with E-state index in [1.54, 1.807) is 49.4 Å². The van der Waals surface area contributed by atoms with Gasteiger partial charge in [0.15, 0.2) is 5.16 Å². The zero-order valence-electron chi connectivity index (χ0n) is 16.4. The van der Waals surface area contributed by atoms with E-state index in [2.05, 4.69) is 15.3 Å². The lowest BCUT2D eigenvalue weighted by atomic mass is 10.1. The molecule has 162 valence electrons. The number of aromatic nitrogens is 2. The number of carbonyl (C=O) groups is 1. The second-order valence-corrected chi connectivity index (χ2v) is 8.10. The van der Waals surface area contributed by atoms with Gasteiger partial charge >= 0.3 is 6.18 Å². The molecule has 31 heavy (non-hydrogen) atoms. The van der Waals surface area contributed by atoms with Gasteiger partial charge in [-0.05, 0) is 31.2 Å². The fourth-order valence-corrected chi connectivity index (χ4v) is 3.62. The van der Waals surface area contributed by atoms with Crippen LogP contribution in [0.4, 0.5) is 18.9 Å². The van der Waals surface area contributed by atoms with Gasteiger partial charge in [-0.25, -0.2) is 9.97 Å². The Morgan fingerprint density at radius 1 is 1.13 bits per heavy atom. The average Bonchev–Trinajstić information content (AvgIpc) is 2.73. The number of nitrogens with zero attached hydrogens (tertiary/aromatic N) is 2. The van der Waals surface area contributed by atoms with Gasteiger partial charge in [0.05, 0.1) is 23.1 Å². The van der Waals surface area contributed by atoms with Gasteiger partial charge in [0, 0.05) is 11.3 Å². The Kier molecular flexibility index (Phi) is 7.07. The molecule has 0 radical (unpaired) electrons. The van der Waals surface area contributed by atoms with Crippen molar-refractivity contribution in [3.63, 3.8) is 0 Å². The molecule has 0 aliphatic carbocycles. The van der Waals surface area contributed by atoms with Gasteiger partial charge in [-0.15, -0.1) is 0 Å². The molecule has 0 saturated heterocycles. The van der Waals surface area contributed by atoms with Gasteiger partial charge in [0.2, 0.25) is 5.91 Å². The van der Waals surface area contributed by atoms with Crippen LogP contribution >= 0.6 is 23.4 Å². The van der Waals surface area contributed by atoms with E-state index in [1.165, 1.54) is 13.2 Å². The summed E-state index contributed by atoms with van der Waals surface area (Å²) in [6, 6.07) is 14.1. The van der Waals surface area contributed by atoms with Crippen LogP contribution in [0, 0.1) is 0 Å². The van der Waals surface area contributed by atoms with Crippen molar-refractivity contribution in [3.05, 3.63) is 65.3 Å². The molecule has 1 N–H and O–H groups in total. The maximum Gasteiger partial charge on any atom is 0.433 e. The zero-order valence-corrected chi connectivity index (χ0v) is 18.0. The third kappa shape index (κ3) is 5.89. The molecule has 0 fully saturated rings. The molecular weight excluding hydrogens is 451 g/mol. The van der Waals surface area contributed by atoms with Crippen LogP contribution in [0.2, 0.25) is 5.02 Å². The number of amides is 1. The summed E-state index contributed by atoms with van der Waals surface area (Å²) in [5.41, 5.74) is -0.00113. The van der Waals surface area contributed by atoms with E-state index in [0.29, 0.717) is 22.0 Å². The molecule has 5 nitrogen and oxygen atoms in total. The van der Waals surface area contributed by atoms with Crippen LogP contribution in [0.25, 0.3) is 11.3 Å². The molecule has 1 aromatic heterocycles. The highest BCUT2D eigenvalue weighted by atomic mass is 35.5. The molecule has 10 heteroatoms. The number of carbonyl (C=O) groups excluding carboxylic acids is 1. The van der Waals surface area contributed by atoms with Gasteiger partial charge in [0.25, 0.3) is 0 Å². The lowest BCUT2D eigenvalue weighted by Gasteiger charge is -2.14. The number of anilines is 1. The van der Waals surface area contributed by atoms with E-state index in [1.807, 2.05) is 0 Å². The van der Waals surface area contributed by atoms with Crippen molar-refractivity contribution in [1.82, 2.24) is 9.97 Å². The summed E-state index contributed by atoms with van der Waals surface area (Å²) in [4.78, 5) is 20.4. The van der Waals surface area contributed by atoms with E-state index < -0.39 is 23.0 Å². The summed E-state index contributed by atoms with van der Waals surface area (Å²) in [5.74, 6) is 0.0152. The Labute approximate surface area is 186 Å². The predicted molar refractivity (Wildman–Crippen MR) is 114 cm³/mol. The molecule has 0 aliphatic rings. The van der Waals surface area contributed by atoms with E-state index in [0.717, 1.165) is 17.8 Å². The van der Waals surface area contributed by atoms with Crippen LogP contribution in [0.5, 0.6) is 5.75 Å². The van der Waals surface area contributed by atoms with Crippen molar-refractivity contribution in [2.24, 2.45) is 0 Å². The number of rotatable bonds is 6. The minimum atomic E-state index is -4.65. The molecular formula is C21H17ClF3N3O2S. The van der Waals surface area contributed by atoms with Gasteiger partial charge in [-0.2, -0.15) is 13.2 Å². The standard InChI is InChI=1S/C21H17ClF3N3O2S/c1-12(19(29)26-14-8-9-17(30-2)15(22)10-14)31-20-27-16(13-6-4-3-5-7-13)11-18(28-20)21(23,24)25/h3-12H,1-2H3,(H,26,29)/t12-/m1/s1. The normalized spacial score (nSPS) is 12.3. The minimum absolute atomic E-state index is 0.125. The maximum absolute atomic E-state index is 13.3. The number of halogens is 4. The lowest BCUT2D eigenvalue weighted by molar-refractivity contribution is -0.141. The Hall–Kier alpha value is -2.78. The highest BCUT2D eigenvalue weighted by Crippen LogP contribution is 2.33. The molecule has 1 atom stereocenters. The van der Waals surface area contributed by atoms with Gasteiger partial charge in [-0.1, -0.05) is 53.7 Å². The van der Waals surface area contributed by atoms with Crippen LogP contribution in [0.15, 0.2) is 59.8 Å². The average molecular weight is 468 g/mol. The number of hydrogen-bond acceptors (Lipinski definition) is 5. The van der Waals surface area contributed by atoms with Crippen LogP contribution in [0.3, 0.4) is 0 Å². The van der Waals surface area contributed by atoms with Gasteiger partial charge in [0.1, 0.15) is 11.4 Å². The first-order valence-corrected chi connectivity index (χ1v) is 10.3. The molecule has 1 heterocycles. The minimum Gasteiger partial charge on any atom is -0.495 e. The molecule has 1 amide bonds. The molecule has 0 unspecified atom stereocenters. The Morgan fingerprint density at radius 2 is 1.84 bits per heavy atom. The van der Waals surface area contributed by atoms with Crippen LogP contribution < -0.4 is 10.1 Å². The van der Waals surface area contributed by atoms with Crippen LogP contribution in [-0.2, 0) is 11.0 Å². The molecule has 0 saturated carbocycles. The molecule has 0 spiro atoms. The van der Waals surface area contributed by atoms with E-state index >= 15 is 0 Å². The Balaban J connectivity index is 1.82. The summed E-state index contributed by atoms with van der Waals surface area (Å²) in [6.45, 7) is 1.55. The fourth-order valence-electron chi connectivity index (χ4n) is 2.58. The van der Waals surface area contributed by atoms with Crippen molar-refractivity contribution in [2.45, 2.75) is 23.5 Å². The second-order valence-electron chi connectivity index (χ2n) is 6.38. The zero-order chi connectivity index (χ0) is 22.6. The predicted octanol–water partition coefficient (Wildman–Crippen LogP) is 5.94. The fraction of sp³-hybridized carbons (Fsp3) is 0.190. The van der Waals surface area contributed by atoms with Crippen molar-refractivity contribution in [1.29, 1.82) is 0 Å². The smallest absolute Gasteiger partial charge is 0.433 e. The number of benzene rings is 2. The van der Waals surface area contributed by atoms with Crippen LogP contribution in [0.1, 0.15) is 12.6 Å². The summed E-state index contributed by atoms with van der Waals surface area (Å²) < 4.78 is 45.1. The SMILES string of the molecule is COc1ccc(NC(=O)[C@@H](C)Sc2nc(-c3ccccc3)cc(C(F)(F)F)n2)cc1Cl. The molecule has 3 rings (SSSR count). The second kappa shape index (κ2) is 9.57. The monoisotopic (exact) mass is 467 g/mol. The van der Waals surface area contributed by atoms with Crippen LogP contribution in [-0.4, -0.2) is 28.2 Å². The number of methoxy groups -OCH3 is 1. The summed E-state index contributed by atoms with van der Waals surface area (Å²) >= 11 is 6.88. The number of nitrogens with one attached hydrogen (secondary N) is 1. The van der Waals surface area contributed by atoms with Crippen molar-refractivity contribution >= 4 is 35.0 Å². The topological polar surface area (TPSA) is 64.1 Å². The van der Waals surface area contributed by atoms with Crippen molar-refractivity contribution < 1.29 is 22.7 Å². The molecule has 0 aliphatic heterocycles. The Morgan fingerprint density at radius 3 is 2.45 bits per heavy atom. The third-order valence-corrected chi connectivity index (χ3v) is 5.39. The molecule has 3 aromatic rings. The molecule has 2 aromatic carbocycles. The third-order valence-electron chi connectivity index (χ3n) is 4.14. The lowest BCUT2D eigenvalue weighted by Crippen LogP contribution is -2.23. The first kappa shape index (κ1) is 22.9.